The van der Waals surface area contributed by atoms with Gasteiger partial charge in [-0.3, -0.25) is 4.79 Å². The molecule has 39 heavy (non-hydrogen) atoms. The van der Waals surface area contributed by atoms with E-state index in [1.54, 1.807) is 37.4 Å². The van der Waals surface area contributed by atoms with Crippen LogP contribution in [0.1, 0.15) is 29.9 Å². The van der Waals surface area contributed by atoms with Crippen molar-refractivity contribution in [3.8, 4) is 11.5 Å². The van der Waals surface area contributed by atoms with Crippen LogP contribution in [-0.2, 0) is 16.1 Å². The smallest absolute Gasteiger partial charge is 0.323 e. The molecule has 3 aromatic carbocycles. The highest BCUT2D eigenvalue weighted by atomic mass is 19.1. The maximum Gasteiger partial charge on any atom is 0.323 e. The van der Waals surface area contributed by atoms with Crippen molar-refractivity contribution in [3.05, 3.63) is 83.7 Å². The Bertz CT molecular complexity index is 1350. The van der Waals surface area contributed by atoms with Gasteiger partial charge in [0.25, 0.3) is 0 Å². The van der Waals surface area contributed by atoms with Crippen LogP contribution in [0.4, 0.5) is 20.6 Å². The van der Waals surface area contributed by atoms with Crippen LogP contribution in [0.5, 0.6) is 11.5 Å². The lowest BCUT2D eigenvalue weighted by Crippen LogP contribution is -2.47. The van der Waals surface area contributed by atoms with Crippen LogP contribution in [0, 0.1) is 5.82 Å². The second kappa shape index (κ2) is 11.7. The maximum atomic E-state index is 13.9. The first-order valence-electron chi connectivity index (χ1n) is 12.7. The molecule has 5 rings (SSSR count). The van der Waals surface area contributed by atoms with E-state index in [0.717, 1.165) is 11.1 Å². The van der Waals surface area contributed by atoms with Crippen LogP contribution >= 0.6 is 0 Å². The van der Waals surface area contributed by atoms with E-state index in [1.807, 2.05) is 24.3 Å². The molecule has 0 unspecified atom stereocenters. The predicted molar refractivity (Wildman–Crippen MR) is 142 cm³/mol. The molecule has 0 aromatic heterocycles. The van der Waals surface area contributed by atoms with Crippen molar-refractivity contribution in [2.45, 2.75) is 43.6 Å². The van der Waals surface area contributed by atoms with Gasteiger partial charge in [0.15, 0.2) is 0 Å². The van der Waals surface area contributed by atoms with Gasteiger partial charge in [-0.2, -0.15) is 0 Å². The molecule has 0 saturated carbocycles. The fourth-order valence-corrected chi connectivity index (χ4v) is 5.14. The van der Waals surface area contributed by atoms with E-state index < -0.39 is 30.2 Å². The second-order valence-electron chi connectivity index (χ2n) is 9.51. The lowest BCUT2D eigenvalue weighted by molar-refractivity contribution is -0.142. The number of carbonyl (C=O) groups is 2. The van der Waals surface area contributed by atoms with Crippen molar-refractivity contribution in [2.24, 2.45) is 0 Å². The summed E-state index contributed by atoms with van der Waals surface area (Å²) in [6.45, 7) is 0.0611. The molecule has 1 saturated heterocycles. The molecule has 4 N–H and O–H groups in total. The number of ether oxygens (including phenoxy) is 3. The standard InChI is InChI=1S/C29H30FN3O6/c1-37-24-9-5-2-6-17(24)15-31-27(35)14-19-13-21-20-12-18(10-11-25(20)39-28(21)26(16-34)38-19)32-29(36)33-23-8-4-3-7-22(23)30/h2-12,19,21,26,28,34H,13-16H2,1H3,(H,31,35)(H2,32,33,36)/t19-,21+,26-,28-/m1/s1. The third-order valence-corrected chi connectivity index (χ3v) is 6.96. The van der Waals surface area contributed by atoms with E-state index in [1.165, 1.54) is 12.1 Å². The van der Waals surface area contributed by atoms with Crippen LogP contribution in [-0.4, -0.2) is 49.1 Å². The van der Waals surface area contributed by atoms with Gasteiger partial charge in [0, 0.05) is 29.3 Å². The molecule has 0 aliphatic carbocycles. The fourth-order valence-electron chi connectivity index (χ4n) is 5.14. The average Bonchev–Trinajstić information content (AvgIpc) is 3.30. The van der Waals surface area contributed by atoms with E-state index in [-0.39, 0.29) is 30.5 Å². The minimum Gasteiger partial charge on any atom is -0.496 e. The Morgan fingerprint density at radius 3 is 2.67 bits per heavy atom. The molecule has 0 radical (unpaired) electrons. The zero-order valence-electron chi connectivity index (χ0n) is 21.4. The minimum atomic E-state index is -0.607. The number of fused-ring (bicyclic) bond motifs is 3. The van der Waals surface area contributed by atoms with Gasteiger partial charge >= 0.3 is 6.03 Å². The summed E-state index contributed by atoms with van der Waals surface area (Å²) in [6, 6.07) is 18.0. The number of benzene rings is 3. The molecular weight excluding hydrogens is 505 g/mol. The van der Waals surface area contributed by atoms with Crippen LogP contribution < -0.4 is 25.4 Å². The Morgan fingerprint density at radius 2 is 1.87 bits per heavy atom. The quantitative estimate of drug-likeness (QED) is 0.344. The Hall–Kier alpha value is -4.15. The molecule has 9 nitrogen and oxygen atoms in total. The third kappa shape index (κ3) is 5.97. The van der Waals surface area contributed by atoms with Crippen molar-refractivity contribution in [2.75, 3.05) is 24.4 Å². The first-order chi connectivity index (χ1) is 18.9. The molecule has 2 heterocycles. The molecule has 2 aliphatic heterocycles. The Balaban J connectivity index is 1.24. The van der Waals surface area contributed by atoms with Gasteiger partial charge in [-0.1, -0.05) is 30.3 Å². The van der Waals surface area contributed by atoms with Crippen LogP contribution in [0.2, 0.25) is 0 Å². The maximum absolute atomic E-state index is 13.9. The Labute approximate surface area is 225 Å². The van der Waals surface area contributed by atoms with Crippen LogP contribution in [0.25, 0.3) is 0 Å². The molecule has 204 valence electrons. The van der Waals surface area contributed by atoms with Gasteiger partial charge in [-0.05, 0) is 42.8 Å². The first-order valence-corrected chi connectivity index (χ1v) is 12.7. The van der Waals surface area contributed by atoms with E-state index in [2.05, 4.69) is 16.0 Å². The SMILES string of the molecule is COc1ccccc1CNC(=O)C[C@H]1C[C@H]2c3cc(NC(=O)Nc4ccccc4F)ccc3O[C@H]2[C@@H](CO)O1. The number of rotatable bonds is 8. The fraction of sp³-hybridized carbons (Fsp3) is 0.310. The largest absolute Gasteiger partial charge is 0.496 e. The zero-order valence-corrected chi connectivity index (χ0v) is 21.4. The predicted octanol–water partition coefficient (Wildman–Crippen LogP) is 4.18. The normalized spacial score (nSPS) is 21.2. The number of nitrogens with one attached hydrogen (secondary N) is 3. The lowest BCUT2D eigenvalue weighted by atomic mass is 9.84. The number of carbonyl (C=O) groups excluding carboxylic acids is 2. The summed E-state index contributed by atoms with van der Waals surface area (Å²) in [6.07, 6.45) is -0.838. The van der Waals surface area contributed by atoms with Crippen molar-refractivity contribution in [1.82, 2.24) is 5.32 Å². The number of aliphatic hydroxyl groups excluding tert-OH is 1. The summed E-state index contributed by atoms with van der Waals surface area (Å²) in [7, 11) is 1.58. The van der Waals surface area contributed by atoms with Gasteiger partial charge in [0.05, 0.1) is 31.9 Å². The molecule has 3 amide bonds. The van der Waals surface area contributed by atoms with E-state index >= 15 is 0 Å². The van der Waals surface area contributed by atoms with Crippen molar-refractivity contribution in [1.29, 1.82) is 0 Å². The monoisotopic (exact) mass is 535 g/mol. The van der Waals surface area contributed by atoms with Gasteiger partial charge in [0.2, 0.25) is 5.91 Å². The van der Waals surface area contributed by atoms with E-state index in [0.29, 0.717) is 30.2 Å². The number of hydrogen-bond acceptors (Lipinski definition) is 6. The number of halogens is 1. The zero-order chi connectivity index (χ0) is 27.4. The van der Waals surface area contributed by atoms with Crippen molar-refractivity contribution in [3.63, 3.8) is 0 Å². The highest BCUT2D eigenvalue weighted by molar-refractivity contribution is 6.00. The van der Waals surface area contributed by atoms with Gasteiger partial charge in [0.1, 0.15) is 29.5 Å². The Morgan fingerprint density at radius 1 is 1.08 bits per heavy atom. The summed E-state index contributed by atoms with van der Waals surface area (Å²) >= 11 is 0. The summed E-state index contributed by atoms with van der Waals surface area (Å²) in [5.74, 6) is 0.470. The summed E-state index contributed by atoms with van der Waals surface area (Å²) < 4.78 is 31.4. The minimum absolute atomic E-state index is 0.0709. The summed E-state index contributed by atoms with van der Waals surface area (Å²) in [4.78, 5) is 25.2. The molecular formula is C29H30FN3O6. The van der Waals surface area contributed by atoms with E-state index in [4.69, 9.17) is 14.2 Å². The van der Waals surface area contributed by atoms with Gasteiger partial charge in [-0.15, -0.1) is 0 Å². The number of urea groups is 1. The average molecular weight is 536 g/mol. The molecule has 1 fully saturated rings. The second-order valence-corrected chi connectivity index (χ2v) is 9.51. The Kier molecular flexibility index (Phi) is 7.94. The number of para-hydroxylation sites is 2. The molecule has 10 heteroatoms. The molecule has 4 atom stereocenters. The topological polar surface area (TPSA) is 118 Å². The number of amides is 3. The highest BCUT2D eigenvalue weighted by Crippen LogP contribution is 2.47. The number of methoxy groups -OCH3 is 1. The molecule has 2 aliphatic rings. The summed E-state index contributed by atoms with van der Waals surface area (Å²) in [5, 5.41) is 18.1. The van der Waals surface area contributed by atoms with E-state index in [9.17, 15) is 19.1 Å². The highest BCUT2D eigenvalue weighted by Gasteiger charge is 2.46. The van der Waals surface area contributed by atoms with Crippen LogP contribution in [0.15, 0.2) is 66.7 Å². The summed E-state index contributed by atoms with van der Waals surface area (Å²) in [5.41, 5.74) is 2.29. The third-order valence-electron chi connectivity index (χ3n) is 6.96. The van der Waals surface area contributed by atoms with Crippen LogP contribution in [0.3, 0.4) is 0 Å². The van der Waals surface area contributed by atoms with Crippen molar-refractivity contribution < 1.29 is 33.3 Å². The molecule has 3 aromatic rings. The van der Waals surface area contributed by atoms with Gasteiger partial charge in [-0.25, -0.2) is 9.18 Å². The molecule has 0 spiro atoms. The van der Waals surface area contributed by atoms with Gasteiger partial charge < -0.3 is 35.3 Å². The lowest BCUT2D eigenvalue weighted by Gasteiger charge is -2.37. The number of anilines is 2. The molecule has 0 bridgehead atoms. The van der Waals surface area contributed by atoms with Crippen molar-refractivity contribution >= 4 is 23.3 Å². The first kappa shape index (κ1) is 26.5. The number of hydrogen-bond donors (Lipinski definition) is 4. The number of aliphatic hydroxyl groups is 1.